The molecule has 3 aromatic rings. The van der Waals surface area contributed by atoms with Gasteiger partial charge < -0.3 is 14.7 Å². The van der Waals surface area contributed by atoms with Gasteiger partial charge in [0.2, 0.25) is 5.95 Å². The Kier molecular flexibility index (Phi) is 6.38. The Morgan fingerprint density at radius 1 is 1.06 bits per heavy atom. The number of hydrogen-bond donors (Lipinski definition) is 1. The lowest BCUT2D eigenvalue weighted by molar-refractivity contribution is -0.0298. The molecule has 2 unspecified atom stereocenters. The topological polar surface area (TPSA) is 76.3 Å². The van der Waals surface area contributed by atoms with E-state index in [1.54, 1.807) is 11.8 Å². The molecule has 0 aliphatic carbocycles. The molecule has 31 heavy (non-hydrogen) atoms. The van der Waals surface area contributed by atoms with Gasteiger partial charge in [-0.25, -0.2) is 9.97 Å². The van der Waals surface area contributed by atoms with E-state index in [1.807, 2.05) is 12.4 Å². The van der Waals surface area contributed by atoms with E-state index in [9.17, 15) is 5.11 Å². The van der Waals surface area contributed by atoms with Crippen LogP contribution in [0.5, 0.6) is 0 Å². The Hall–Kier alpha value is -2.16. The first-order valence-electron chi connectivity index (χ1n) is 11.2. The van der Waals surface area contributed by atoms with Crippen molar-refractivity contribution in [2.75, 3.05) is 24.7 Å². The van der Waals surface area contributed by atoms with Crippen molar-refractivity contribution in [2.45, 2.75) is 61.6 Å². The first-order chi connectivity index (χ1) is 15.3. The van der Waals surface area contributed by atoms with Crippen LogP contribution >= 0.6 is 11.8 Å². The second kappa shape index (κ2) is 9.54. The maximum atomic E-state index is 9.94. The first-order valence-corrected chi connectivity index (χ1v) is 12.2. The minimum absolute atomic E-state index is 0.0246. The van der Waals surface area contributed by atoms with Gasteiger partial charge in [-0.05, 0) is 44.1 Å². The van der Waals surface area contributed by atoms with Crippen LogP contribution in [-0.2, 0) is 10.5 Å². The second-order valence-electron chi connectivity index (χ2n) is 8.27. The quantitative estimate of drug-likeness (QED) is 0.456. The molecule has 2 atom stereocenters. The zero-order valence-corrected chi connectivity index (χ0v) is 18.5. The molecular formula is C23H29N5O2S. The summed E-state index contributed by atoms with van der Waals surface area (Å²) in [5.74, 6) is 1.52. The summed E-state index contributed by atoms with van der Waals surface area (Å²) in [7, 11) is 0. The number of ether oxygens (including phenoxy) is 1. The van der Waals surface area contributed by atoms with E-state index in [2.05, 4.69) is 33.7 Å². The van der Waals surface area contributed by atoms with E-state index in [4.69, 9.17) is 19.7 Å². The van der Waals surface area contributed by atoms with E-state index in [-0.39, 0.29) is 18.9 Å². The van der Waals surface area contributed by atoms with Gasteiger partial charge in [-0.1, -0.05) is 42.1 Å². The van der Waals surface area contributed by atoms with Crippen LogP contribution in [-0.4, -0.2) is 50.4 Å². The lowest BCUT2D eigenvalue weighted by atomic mass is 10.0. The molecule has 7 nitrogen and oxygen atoms in total. The Bertz CT molecular complexity index is 1010. The molecule has 2 fully saturated rings. The molecule has 0 radical (unpaired) electrons. The zero-order valence-electron chi connectivity index (χ0n) is 17.7. The van der Waals surface area contributed by atoms with E-state index in [0.29, 0.717) is 5.95 Å². The minimum Gasteiger partial charge on any atom is -0.394 e. The summed E-state index contributed by atoms with van der Waals surface area (Å²) in [6.45, 7) is 1.77. The predicted octanol–water partition coefficient (Wildman–Crippen LogP) is 4.17. The number of nitrogens with zero attached hydrogens (tertiary/aromatic N) is 5. The summed E-state index contributed by atoms with van der Waals surface area (Å²) in [6, 6.07) is 10.5. The molecule has 0 amide bonds. The molecule has 1 aromatic carbocycles. The first kappa shape index (κ1) is 20.7. The third kappa shape index (κ3) is 4.42. The fourth-order valence-electron chi connectivity index (χ4n) is 4.44. The number of aromatic nitrogens is 4. The normalized spacial score (nSPS) is 22.2. The number of piperidine rings is 1. The monoisotopic (exact) mass is 439 g/mol. The highest BCUT2D eigenvalue weighted by molar-refractivity contribution is 7.98. The Balaban J connectivity index is 1.54. The molecule has 2 saturated heterocycles. The maximum Gasteiger partial charge on any atom is 0.228 e. The van der Waals surface area contributed by atoms with Crippen molar-refractivity contribution in [1.29, 1.82) is 0 Å². The lowest BCUT2D eigenvalue weighted by Crippen LogP contribution is -2.43. The highest BCUT2D eigenvalue weighted by atomic mass is 32.2. The number of aliphatic hydroxyl groups excluding tert-OH is 1. The van der Waals surface area contributed by atoms with Crippen LogP contribution in [0.3, 0.4) is 0 Å². The minimum atomic E-state index is -0.0246. The smallest absolute Gasteiger partial charge is 0.228 e. The van der Waals surface area contributed by atoms with Crippen LogP contribution in [0.25, 0.3) is 11.2 Å². The predicted molar refractivity (Wildman–Crippen MR) is 122 cm³/mol. The molecule has 0 spiro atoms. The van der Waals surface area contributed by atoms with Crippen LogP contribution in [0.15, 0.2) is 41.7 Å². The van der Waals surface area contributed by atoms with Gasteiger partial charge in [-0.2, -0.15) is 4.98 Å². The lowest BCUT2D eigenvalue weighted by Gasteiger charge is -2.34. The summed E-state index contributed by atoms with van der Waals surface area (Å²) in [6.07, 6.45) is 8.25. The van der Waals surface area contributed by atoms with E-state index >= 15 is 0 Å². The highest BCUT2D eigenvalue weighted by Gasteiger charge is 2.27. The van der Waals surface area contributed by atoms with Gasteiger partial charge in [0.15, 0.2) is 5.65 Å². The van der Waals surface area contributed by atoms with E-state index in [1.165, 1.54) is 5.56 Å². The van der Waals surface area contributed by atoms with Crippen LogP contribution in [0.4, 0.5) is 5.95 Å². The van der Waals surface area contributed by atoms with Crippen molar-refractivity contribution >= 4 is 28.9 Å². The van der Waals surface area contributed by atoms with Crippen LogP contribution in [0.1, 0.15) is 50.3 Å². The molecular weight excluding hydrogens is 410 g/mol. The number of fused-ring (bicyclic) bond motifs is 1. The molecule has 4 heterocycles. The largest absolute Gasteiger partial charge is 0.394 e. The van der Waals surface area contributed by atoms with Crippen molar-refractivity contribution in [3.63, 3.8) is 0 Å². The van der Waals surface area contributed by atoms with Gasteiger partial charge >= 0.3 is 0 Å². The van der Waals surface area contributed by atoms with Crippen molar-refractivity contribution in [2.24, 2.45) is 0 Å². The molecule has 8 heteroatoms. The number of rotatable bonds is 6. The van der Waals surface area contributed by atoms with Gasteiger partial charge in [0.05, 0.1) is 19.0 Å². The highest BCUT2D eigenvalue weighted by Crippen LogP contribution is 2.33. The molecule has 2 aliphatic rings. The second-order valence-corrected chi connectivity index (χ2v) is 9.24. The van der Waals surface area contributed by atoms with Gasteiger partial charge in [0.25, 0.3) is 0 Å². The number of benzene rings is 1. The number of anilines is 1. The summed E-state index contributed by atoms with van der Waals surface area (Å²) < 4.78 is 8.10. The average molecular weight is 440 g/mol. The fraction of sp³-hybridized carbons (Fsp3) is 0.522. The standard InChI is InChI=1S/C23H29N5O2S/c29-14-18-10-4-6-12-27(18)23-25-21-20(24-16-28(21)19-11-5-7-13-30-19)22(26-23)31-15-17-8-2-1-3-9-17/h1-3,8-9,16,18-19,29H,4-7,10-15H2. The fourth-order valence-corrected chi connectivity index (χ4v) is 5.36. The SMILES string of the molecule is OCC1CCCCN1c1nc(SCc2ccccc2)c2ncn(C3CCCCO3)c2n1. The summed E-state index contributed by atoms with van der Waals surface area (Å²) in [4.78, 5) is 16.8. The molecule has 5 rings (SSSR count). The van der Waals surface area contributed by atoms with Crippen LogP contribution < -0.4 is 4.90 Å². The Labute approximate surface area is 186 Å². The number of imidazole rings is 1. The van der Waals surface area contributed by atoms with E-state index in [0.717, 1.165) is 73.6 Å². The molecule has 1 N–H and O–H groups in total. The average Bonchev–Trinajstić information content (AvgIpc) is 3.28. The van der Waals surface area contributed by atoms with Gasteiger partial charge in [-0.15, -0.1) is 0 Å². The zero-order chi connectivity index (χ0) is 21.0. The molecule has 2 aliphatic heterocycles. The van der Waals surface area contributed by atoms with Crippen molar-refractivity contribution in [3.8, 4) is 0 Å². The van der Waals surface area contributed by atoms with Crippen molar-refractivity contribution < 1.29 is 9.84 Å². The van der Waals surface area contributed by atoms with E-state index < -0.39 is 0 Å². The third-order valence-corrected chi connectivity index (χ3v) is 7.19. The number of thioether (sulfide) groups is 1. The Morgan fingerprint density at radius 3 is 2.74 bits per heavy atom. The maximum absolute atomic E-state index is 9.94. The number of hydrogen-bond acceptors (Lipinski definition) is 7. The molecule has 2 aromatic heterocycles. The van der Waals surface area contributed by atoms with Gasteiger partial charge in [0, 0.05) is 18.9 Å². The molecule has 164 valence electrons. The van der Waals surface area contributed by atoms with Gasteiger partial charge in [0.1, 0.15) is 16.8 Å². The van der Waals surface area contributed by atoms with Gasteiger partial charge in [-0.3, -0.25) is 4.57 Å². The van der Waals surface area contributed by atoms with Crippen molar-refractivity contribution in [1.82, 2.24) is 19.5 Å². The number of aliphatic hydroxyl groups is 1. The third-order valence-electron chi connectivity index (χ3n) is 6.16. The molecule has 0 saturated carbocycles. The Morgan fingerprint density at radius 2 is 1.94 bits per heavy atom. The summed E-state index contributed by atoms with van der Waals surface area (Å²) >= 11 is 1.69. The van der Waals surface area contributed by atoms with Crippen molar-refractivity contribution in [3.05, 3.63) is 42.2 Å². The summed E-state index contributed by atoms with van der Waals surface area (Å²) in [5.41, 5.74) is 2.91. The van der Waals surface area contributed by atoms with Crippen LogP contribution in [0.2, 0.25) is 0 Å². The molecule has 0 bridgehead atoms. The summed E-state index contributed by atoms with van der Waals surface area (Å²) in [5, 5.41) is 10.8. The van der Waals surface area contributed by atoms with Crippen LogP contribution in [0, 0.1) is 0 Å².